The summed E-state index contributed by atoms with van der Waals surface area (Å²) in [4.78, 5) is 19.3. The number of anilines is 2. The van der Waals surface area contributed by atoms with Gasteiger partial charge in [0, 0.05) is 55.4 Å². The highest BCUT2D eigenvalue weighted by Gasteiger charge is 2.27. The molecule has 0 aliphatic carbocycles. The minimum Gasteiger partial charge on any atom is -0.507 e. The van der Waals surface area contributed by atoms with Crippen LogP contribution >= 0.6 is 11.6 Å². The van der Waals surface area contributed by atoms with Crippen molar-refractivity contribution in [1.82, 2.24) is 4.90 Å². The van der Waals surface area contributed by atoms with Crippen LogP contribution in [0.15, 0.2) is 49.1 Å². The van der Waals surface area contributed by atoms with Crippen LogP contribution in [-0.2, 0) is 17.6 Å². The second-order valence-electron chi connectivity index (χ2n) is 8.27. The van der Waals surface area contributed by atoms with E-state index in [2.05, 4.69) is 22.4 Å². The van der Waals surface area contributed by atoms with Gasteiger partial charge < -0.3 is 14.9 Å². The molecule has 0 bridgehead atoms. The smallest absolute Gasteiger partial charge is 0.227 e. The first-order valence-electron chi connectivity index (χ1n) is 11.0. The molecular formula is C25H30ClN3O2. The summed E-state index contributed by atoms with van der Waals surface area (Å²) in [6, 6.07) is 11.9. The minimum absolute atomic E-state index is 0.147. The first kappa shape index (κ1) is 21.7. The van der Waals surface area contributed by atoms with E-state index < -0.39 is 0 Å². The van der Waals surface area contributed by atoms with Gasteiger partial charge in [0.2, 0.25) is 5.91 Å². The van der Waals surface area contributed by atoms with Crippen molar-refractivity contribution < 1.29 is 9.90 Å². The predicted molar refractivity (Wildman–Crippen MR) is 127 cm³/mol. The molecule has 6 heteroatoms. The number of hydrogen-bond acceptors (Lipinski definition) is 4. The van der Waals surface area contributed by atoms with Crippen LogP contribution in [0.5, 0.6) is 5.75 Å². The summed E-state index contributed by atoms with van der Waals surface area (Å²) >= 11 is 6.13. The zero-order valence-electron chi connectivity index (χ0n) is 17.9. The molecule has 2 heterocycles. The SMILES string of the molecule is C=CCc1ccc2c(c1O)CCC(=O)N2CCCN1CCN(c2cccc(Cl)c2)CC1. The molecule has 0 atom stereocenters. The third-order valence-corrected chi connectivity index (χ3v) is 6.52. The molecule has 2 aromatic rings. The lowest BCUT2D eigenvalue weighted by molar-refractivity contribution is -0.118. The molecule has 0 radical (unpaired) electrons. The third kappa shape index (κ3) is 4.89. The van der Waals surface area contributed by atoms with Gasteiger partial charge in [-0.2, -0.15) is 0 Å². The van der Waals surface area contributed by atoms with Gasteiger partial charge in [-0.05, 0) is 55.6 Å². The van der Waals surface area contributed by atoms with Gasteiger partial charge in [0.25, 0.3) is 0 Å². The molecule has 1 fully saturated rings. The number of amides is 1. The number of fused-ring (bicyclic) bond motifs is 1. The first-order valence-corrected chi connectivity index (χ1v) is 11.4. The molecule has 1 amide bonds. The molecule has 164 valence electrons. The fourth-order valence-corrected chi connectivity index (χ4v) is 4.78. The Labute approximate surface area is 189 Å². The number of piperazine rings is 1. The molecule has 1 saturated heterocycles. The third-order valence-electron chi connectivity index (χ3n) is 6.29. The second-order valence-corrected chi connectivity index (χ2v) is 8.71. The fraction of sp³-hybridized carbons (Fsp3) is 0.400. The molecule has 0 saturated carbocycles. The van der Waals surface area contributed by atoms with Crippen LogP contribution in [0.4, 0.5) is 11.4 Å². The van der Waals surface area contributed by atoms with E-state index in [1.165, 1.54) is 5.69 Å². The van der Waals surface area contributed by atoms with E-state index in [4.69, 9.17) is 11.6 Å². The Morgan fingerprint density at radius 3 is 2.61 bits per heavy atom. The summed E-state index contributed by atoms with van der Waals surface area (Å²) in [5, 5.41) is 11.4. The van der Waals surface area contributed by atoms with Gasteiger partial charge in [0.05, 0.1) is 5.69 Å². The maximum absolute atomic E-state index is 12.6. The number of benzene rings is 2. The summed E-state index contributed by atoms with van der Waals surface area (Å²) in [6.07, 6.45) is 4.40. The Bertz CT molecular complexity index is 954. The molecule has 2 aromatic carbocycles. The van der Waals surface area contributed by atoms with Crippen molar-refractivity contribution in [3.8, 4) is 5.75 Å². The maximum atomic E-state index is 12.6. The number of carbonyl (C=O) groups excluding carboxylic acids is 1. The fourth-order valence-electron chi connectivity index (χ4n) is 4.60. The van der Waals surface area contributed by atoms with E-state index in [1.54, 1.807) is 6.08 Å². The molecule has 5 nitrogen and oxygen atoms in total. The summed E-state index contributed by atoms with van der Waals surface area (Å²) in [7, 11) is 0. The van der Waals surface area contributed by atoms with Gasteiger partial charge in [0.15, 0.2) is 0 Å². The van der Waals surface area contributed by atoms with E-state index >= 15 is 0 Å². The van der Waals surface area contributed by atoms with Crippen molar-refractivity contribution >= 4 is 28.9 Å². The van der Waals surface area contributed by atoms with E-state index in [9.17, 15) is 9.90 Å². The molecule has 2 aliphatic heterocycles. The van der Waals surface area contributed by atoms with Crippen molar-refractivity contribution in [2.45, 2.75) is 25.7 Å². The molecule has 0 spiro atoms. The summed E-state index contributed by atoms with van der Waals surface area (Å²) in [6.45, 7) is 9.36. The van der Waals surface area contributed by atoms with Crippen LogP contribution in [0.25, 0.3) is 0 Å². The van der Waals surface area contributed by atoms with Crippen LogP contribution in [-0.4, -0.2) is 55.2 Å². The predicted octanol–water partition coefficient (Wildman–Crippen LogP) is 4.27. The zero-order chi connectivity index (χ0) is 21.8. The number of halogens is 1. The highest BCUT2D eigenvalue weighted by atomic mass is 35.5. The average Bonchev–Trinajstić information content (AvgIpc) is 2.78. The number of nitrogens with zero attached hydrogens (tertiary/aromatic N) is 3. The highest BCUT2D eigenvalue weighted by molar-refractivity contribution is 6.30. The Hall–Kier alpha value is -2.50. The van der Waals surface area contributed by atoms with Gasteiger partial charge in [-0.1, -0.05) is 29.8 Å². The monoisotopic (exact) mass is 439 g/mol. The largest absolute Gasteiger partial charge is 0.507 e. The van der Waals surface area contributed by atoms with E-state index in [-0.39, 0.29) is 5.91 Å². The zero-order valence-corrected chi connectivity index (χ0v) is 18.7. The minimum atomic E-state index is 0.147. The lowest BCUT2D eigenvalue weighted by atomic mass is 9.96. The summed E-state index contributed by atoms with van der Waals surface area (Å²) < 4.78 is 0. The second kappa shape index (κ2) is 9.75. The van der Waals surface area contributed by atoms with Crippen molar-refractivity contribution in [3.63, 3.8) is 0 Å². The summed E-state index contributed by atoms with van der Waals surface area (Å²) in [5.74, 6) is 0.473. The van der Waals surface area contributed by atoms with Crippen molar-refractivity contribution in [2.75, 3.05) is 49.1 Å². The lowest BCUT2D eigenvalue weighted by Crippen LogP contribution is -2.47. The van der Waals surface area contributed by atoms with E-state index in [1.807, 2.05) is 35.2 Å². The van der Waals surface area contributed by atoms with Crippen molar-refractivity contribution in [1.29, 1.82) is 0 Å². The standard InChI is InChI=1S/C25H30ClN3O2/c1-2-5-19-8-10-23-22(25(19)31)9-11-24(30)29(23)13-4-12-27-14-16-28(17-15-27)21-7-3-6-20(26)18-21/h2-3,6-8,10,18,31H,1,4-5,9,11-17H2. The van der Waals surface area contributed by atoms with Crippen molar-refractivity contribution in [2.24, 2.45) is 0 Å². The molecular weight excluding hydrogens is 410 g/mol. The quantitative estimate of drug-likeness (QED) is 0.654. The van der Waals surface area contributed by atoms with Gasteiger partial charge >= 0.3 is 0 Å². The van der Waals surface area contributed by atoms with Crippen molar-refractivity contribution in [3.05, 3.63) is 65.2 Å². The van der Waals surface area contributed by atoms with Crippen LogP contribution in [0.3, 0.4) is 0 Å². The molecule has 0 aromatic heterocycles. The highest BCUT2D eigenvalue weighted by Crippen LogP contribution is 2.37. The lowest BCUT2D eigenvalue weighted by Gasteiger charge is -2.37. The maximum Gasteiger partial charge on any atom is 0.227 e. The van der Waals surface area contributed by atoms with Crippen LogP contribution in [0, 0.1) is 0 Å². The molecule has 2 aliphatic rings. The van der Waals surface area contributed by atoms with Gasteiger partial charge in [0.1, 0.15) is 5.75 Å². The number of phenolic OH excluding ortho intramolecular Hbond substituents is 1. The normalized spacial score (nSPS) is 17.0. The summed E-state index contributed by atoms with van der Waals surface area (Å²) in [5.41, 5.74) is 3.82. The Morgan fingerprint density at radius 2 is 1.87 bits per heavy atom. The number of carbonyl (C=O) groups is 1. The number of allylic oxidation sites excluding steroid dienone is 1. The number of phenols is 1. The number of rotatable bonds is 7. The van der Waals surface area contributed by atoms with Crippen LogP contribution in [0.1, 0.15) is 24.0 Å². The van der Waals surface area contributed by atoms with Crippen LogP contribution < -0.4 is 9.80 Å². The molecule has 1 N–H and O–H groups in total. The van der Waals surface area contributed by atoms with E-state index in [0.717, 1.165) is 61.0 Å². The number of aromatic hydroxyl groups is 1. The first-order chi connectivity index (χ1) is 15.1. The Balaban J connectivity index is 1.32. The van der Waals surface area contributed by atoms with E-state index in [0.29, 0.717) is 31.6 Å². The van der Waals surface area contributed by atoms with Gasteiger partial charge in [-0.3, -0.25) is 9.69 Å². The number of hydrogen-bond donors (Lipinski definition) is 1. The molecule has 31 heavy (non-hydrogen) atoms. The Kier molecular flexibility index (Phi) is 6.83. The topological polar surface area (TPSA) is 47.0 Å². The average molecular weight is 440 g/mol. The molecule has 4 rings (SSSR count). The Morgan fingerprint density at radius 1 is 1.06 bits per heavy atom. The molecule has 0 unspecified atom stereocenters. The van der Waals surface area contributed by atoms with Gasteiger partial charge in [-0.25, -0.2) is 0 Å². The van der Waals surface area contributed by atoms with Gasteiger partial charge in [-0.15, -0.1) is 6.58 Å². The van der Waals surface area contributed by atoms with Crippen LogP contribution in [0.2, 0.25) is 5.02 Å².